The third-order valence-corrected chi connectivity index (χ3v) is 7.19. The van der Waals surface area contributed by atoms with E-state index in [0.29, 0.717) is 30.3 Å². The van der Waals surface area contributed by atoms with Crippen LogP contribution in [0.5, 0.6) is 5.75 Å². The molecule has 0 saturated carbocycles. The monoisotopic (exact) mass is 670 g/mol. The molecule has 0 amide bonds. The predicted octanol–water partition coefficient (Wildman–Crippen LogP) is 10.0. The van der Waals surface area contributed by atoms with Crippen LogP contribution < -0.4 is 4.74 Å². The highest BCUT2D eigenvalue weighted by molar-refractivity contribution is 5.72. The van der Waals surface area contributed by atoms with E-state index in [-0.39, 0.29) is 33.6 Å². The molecule has 0 aliphatic heterocycles. The Morgan fingerprint density at radius 2 is 1.23 bits per heavy atom. The fourth-order valence-electron chi connectivity index (χ4n) is 4.80. The molecule has 48 heavy (non-hydrogen) atoms. The number of benzene rings is 4. The fourth-order valence-corrected chi connectivity index (χ4v) is 4.80. The van der Waals surface area contributed by atoms with Crippen molar-refractivity contribution in [2.75, 3.05) is 0 Å². The Hall–Kier alpha value is -5.31. The van der Waals surface area contributed by atoms with Crippen molar-refractivity contribution in [2.24, 2.45) is 0 Å². The van der Waals surface area contributed by atoms with E-state index in [2.05, 4.69) is 33.5 Å². The van der Waals surface area contributed by atoms with E-state index >= 15 is 0 Å². The van der Waals surface area contributed by atoms with E-state index < -0.39 is 58.1 Å². The van der Waals surface area contributed by atoms with Crippen LogP contribution in [-0.2, 0) is 12.5 Å². The summed E-state index contributed by atoms with van der Waals surface area (Å²) < 4.78 is 134. The lowest BCUT2D eigenvalue weighted by Crippen LogP contribution is -2.25. The molecule has 0 bridgehead atoms. The van der Waals surface area contributed by atoms with Crippen LogP contribution in [0.3, 0.4) is 0 Å². The molecule has 5 rings (SSSR count). The van der Waals surface area contributed by atoms with E-state index in [0.717, 1.165) is 55.5 Å². The highest BCUT2D eigenvalue weighted by Crippen LogP contribution is 2.37. The number of nitrogens with zero attached hydrogens (tertiary/aromatic N) is 2. The Kier molecular flexibility index (Phi) is 10.1. The number of halogens is 9. The summed E-state index contributed by atoms with van der Waals surface area (Å²) in [6, 6.07) is 7.71. The van der Waals surface area contributed by atoms with Crippen molar-refractivity contribution in [1.82, 2.24) is 9.97 Å². The summed E-state index contributed by atoms with van der Waals surface area (Å²) in [5, 5.41) is 0. The molecule has 246 valence electrons. The highest BCUT2D eigenvalue weighted by Gasteiger charge is 2.41. The van der Waals surface area contributed by atoms with E-state index in [4.69, 9.17) is 0 Å². The normalized spacial score (nSPS) is 11.3. The van der Waals surface area contributed by atoms with Gasteiger partial charge in [0.1, 0.15) is 34.6 Å². The van der Waals surface area contributed by atoms with Gasteiger partial charge in [-0.2, -0.15) is 8.78 Å². The van der Waals surface area contributed by atoms with E-state index in [1.807, 2.05) is 0 Å². The lowest BCUT2D eigenvalue weighted by molar-refractivity contribution is -0.189. The molecular formula is C36H23F9N2O. The zero-order valence-corrected chi connectivity index (χ0v) is 25.0. The van der Waals surface area contributed by atoms with Gasteiger partial charge in [-0.15, -0.1) is 0 Å². The molecular weight excluding hydrogens is 647 g/mol. The van der Waals surface area contributed by atoms with Crippen molar-refractivity contribution in [3.05, 3.63) is 136 Å². The van der Waals surface area contributed by atoms with Gasteiger partial charge in [0.15, 0.2) is 17.5 Å². The molecule has 0 saturated heterocycles. The predicted molar refractivity (Wildman–Crippen MR) is 159 cm³/mol. The second-order valence-corrected chi connectivity index (χ2v) is 10.6. The van der Waals surface area contributed by atoms with Gasteiger partial charge in [0.2, 0.25) is 5.82 Å². The molecule has 0 fully saturated rings. The fraction of sp³-hybridized carbons (Fsp3) is 0.167. The maximum absolute atomic E-state index is 15.0. The first kappa shape index (κ1) is 34.0. The number of ether oxygens (including phenoxy) is 1. The number of rotatable bonds is 9. The molecule has 0 atom stereocenters. The molecule has 4 aromatic carbocycles. The number of hydrogen-bond acceptors (Lipinski definition) is 3. The zero-order valence-electron chi connectivity index (χ0n) is 25.0. The van der Waals surface area contributed by atoms with Gasteiger partial charge in [0.05, 0.1) is 0 Å². The average molecular weight is 671 g/mol. The molecule has 1 aromatic heterocycles. The van der Waals surface area contributed by atoms with Crippen molar-refractivity contribution in [3.8, 4) is 39.8 Å². The van der Waals surface area contributed by atoms with E-state index in [1.54, 1.807) is 12.4 Å². The zero-order chi connectivity index (χ0) is 34.6. The Balaban J connectivity index is 1.32. The Morgan fingerprint density at radius 3 is 1.83 bits per heavy atom. The third kappa shape index (κ3) is 7.62. The van der Waals surface area contributed by atoms with Crippen molar-refractivity contribution in [2.45, 2.75) is 38.7 Å². The molecule has 12 heteroatoms. The average Bonchev–Trinajstić information content (AvgIpc) is 3.02. The standard InChI is InChI=1S/C36H23F9N2O/c1-2-3-4-5-21-18-46-33(47-19-21)11-6-20-12-29(39)34(30(40)13-20)36(44,45)48-24-8-10-25(28(38)17-24)22-7-9-26(27(37)14-22)23-15-31(41)35(43)32(42)16-23/h7-10,12-19H,2-5H2,1H3. The second kappa shape index (κ2) is 14.2. The van der Waals surface area contributed by atoms with Gasteiger partial charge in [-0.1, -0.05) is 37.8 Å². The van der Waals surface area contributed by atoms with Gasteiger partial charge >= 0.3 is 6.11 Å². The number of aryl methyl sites for hydroxylation is 1. The molecule has 0 N–H and O–H groups in total. The number of aromatic nitrogens is 2. The Bertz CT molecular complexity index is 1990. The number of unbranched alkanes of at least 4 members (excludes halogenated alkanes) is 2. The van der Waals surface area contributed by atoms with Crippen molar-refractivity contribution in [1.29, 1.82) is 0 Å². The maximum Gasteiger partial charge on any atom is 0.432 e. The van der Waals surface area contributed by atoms with E-state index in [9.17, 15) is 39.5 Å². The molecule has 0 aliphatic rings. The van der Waals surface area contributed by atoms with Crippen LogP contribution in [0, 0.1) is 52.6 Å². The minimum Gasteiger partial charge on any atom is -0.429 e. The van der Waals surface area contributed by atoms with Gasteiger partial charge in [-0.3, -0.25) is 0 Å². The largest absolute Gasteiger partial charge is 0.432 e. The van der Waals surface area contributed by atoms with Gasteiger partial charge in [0.25, 0.3) is 0 Å². The Labute approximate surface area is 269 Å². The summed E-state index contributed by atoms with van der Waals surface area (Å²) in [7, 11) is 0. The molecule has 1 heterocycles. The quantitative estimate of drug-likeness (QED) is 0.0678. The minimum absolute atomic E-state index is 0.0654. The highest BCUT2D eigenvalue weighted by atomic mass is 19.3. The summed E-state index contributed by atoms with van der Waals surface area (Å²) in [6.45, 7) is 2.08. The summed E-state index contributed by atoms with van der Waals surface area (Å²) in [4.78, 5) is 8.17. The first-order valence-corrected chi connectivity index (χ1v) is 14.5. The first-order valence-electron chi connectivity index (χ1n) is 14.5. The van der Waals surface area contributed by atoms with E-state index in [1.165, 1.54) is 6.07 Å². The van der Waals surface area contributed by atoms with Gasteiger partial charge in [-0.25, -0.2) is 40.7 Å². The molecule has 0 spiro atoms. The van der Waals surface area contributed by atoms with Gasteiger partial charge < -0.3 is 4.74 Å². The summed E-state index contributed by atoms with van der Waals surface area (Å²) >= 11 is 0. The van der Waals surface area contributed by atoms with Crippen LogP contribution in [0.15, 0.2) is 73.1 Å². The van der Waals surface area contributed by atoms with Crippen molar-refractivity contribution in [3.63, 3.8) is 0 Å². The molecule has 0 aliphatic carbocycles. The topological polar surface area (TPSA) is 35.0 Å². The second-order valence-electron chi connectivity index (χ2n) is 10.6. The van der Waals surface area contributed by atoms with Crippen LogP contribution in [0.1, 0.15) is 48.7 Å². The first-order chi connectivity index (χ1) is 22.9. The molecule has 3 nitrogen and oxygen atoms in total. The third-order valence-electron chi connectivity index (χ3n) is 7.19. The molecule has 0 radical (unpaired) electrons. The lowest BCUT2D eigenvalue weighted by atomic mass is 9.99. The minimum atomic E-state index is -4.60. The summed E-state index contributed by atoms with van der Waals surface area (Å²) in [5.74, 6) is -6.18. The van der Waals surface area contributed by atoms with Gasteiger partial charge in [0, 0.05) is 35.2 Å². The maximum atomic E-state index is 15.0. The number of alkyl halides is 2. The molecule has 5 aromatic rings. The SMILES string of the molecule is CCCCCc1cnc(C#Cc2cc(F)c(C(F)(F)Oc3ccc(-c4ccc(-c5cc(F)c(F)c(F)c5)c(F)c4)c(F)c3)c(F)c2)nc1. The molecule has 0 unspecified atom stereocenters. The van der Waals surface area contributed by atoms with Gasteiger partial charge in [-0.05, 0) is 77.9 Å². The van der Waals surface area contributed by atoms with Crippen molar-refractivity contribution >= 4 is 0 Å². The smallest absolute Gasteiger partial charge is 0.429 e. The van der Waals surface area contributed by atoms with Crippen LogP contribution in [0.2, 0.25) is 0 Å². The summed E-state index contributed by atoms with van der Waals surface area (Å²) in [5.41, 5.74) is -2.15. The number of hydrogen-bond donors (Lipinski definition) is 0. The van der Waals surface area contributed by atoms with Crippen LogP contribution in [0.4, 0.5) is 39.5 Å². The lowest BCUT2D eigenvalue weighted by Gasteiger charge is -2.20. The van der Waals surface area contributed by atoms with Crippen LogP contribution in [-0.4, -0.2) is 9.97 Å². The van der Waals surface area contributed by atoms with Crippen molar-refractivity contribution < 1.29 is 44.3 Å². The van der Waals surface area contributed by atoms with Crippen LogP contribution >= 0.6 is 0 Å². The Morgan fingerprint density at radius 1 is 0.646 bits per heavy atom. The summed E-state index contributed by atoms with van der Waals surface area (Å²) in [6.07, 6.45) is 2.43. The van der Waals surface area contributed by atoms with Crippen LogP contribution in [0.25, 0.3) is 22.3 Å².